The van der Waals surface area contributed by atoms with Crippen LogP contribution in [0.1, 0.15) is 18.4 Å². The first kappa shape index (κ1) is 18.1. The van der Waals surface area contributed by atoms with Gasteiger partial charge in [-0.2, -0.15) is 10.4 Å². The maximum absolute atomic E-state index is 13.2. The lowest BCUT2D eigenvalue weighted by Crippen LogP contribution is -2.56. The van der Waals surface area contributed by atoms with Gasteiger partial charge in [0.15, 0.2) is 11.6 Å². The van der Waals surface area contributed by atoms with Crippen LogP contribution >= 0.6 is 0 Å². The molecule has 1 saturated heterocycles. The molecule has 2 aromatic heterocycles. The maximum Gasteiger partial charge on any atom is 0.329 e. The van der Waals surface area contributed by atoms with Crippen LogP contribution in [0.25, 0.3) is 11.3 Å². The summed E-state index contributed by atoms with van der Waals surface area (Å²) in [5.74, 6) is 1.01. The van der Waals surface area contributed by atoms with Gasteiger partial charge in [-0.1, -0.05) is 18.2 Å². The zero-order valence-electron chi connectivity index (χ0n) is 16.2. The van der Waals surface area contributed by atoms with E-state index >= 15 is 0 Å². The third kappa shape index (κ3) is 3.10. The average Bonchev–Trinajstić information content (AvgIpc) is 2.79. The molecule has 30 heavy (non-hydrogen) atoms. The molecule has 2 aliphatic rings. The second-order valence-electron chi connectivity index (χ2n) is 7.35. The third-order valence-electron chi connectivity index (χ3n) is 5.53. The van der Waals surface area contributed by atoms with E-state index in [2.05, 4.69) is 26.5 Å². The molecule has 1 atom stereocenters. The van der Waals surface area contributed by atoms with Crippen LogP contribution in [0.4, 0.5) is 22.1 Å². The van der Waals surface area contributed by atoms with Gasteiger partial charge < -0.3 is 4.90 Å². The van der Waals surface area contributed by atoms with Crippen molar-refractivity contribution in [3.05, 3.63) is 60.3 Å². The van der Waals surface area contributed by atoms with Crippen LogP contribution in [-0.4, -0.2) is 40.3 Å². The van der Waals surface area contributed by atoms with Gasteiger partial charge in [0.25, 0.3) is 0 Å². The summed E-state index contributed by atoms with van der Waals surface area (Å²) in [6.07, 6.45) is 3.48. The standard InChI is InChI=1S/C22H19N7O/c23-13-15-5-1-2-7-17(15)18-9-10-19-21(25-18)29(16-6-4-12-28(19)14-16)22(30)26-20-8-3-11-24-27-20/h1-3,5,7-11,16H,4,6,12,14H2,(H,26,27,30)/t16-/m0/s1. The van der Waals surface area contributed by atoms with Crippen molar-refractivity contribution in [2.45, 2.75) is 18.9 Å². The number of nitrogens with one attached hydrogen (secondary N) is 1. The SMILES string of the molecule is N#Cc1ccccc1-c1ccc2c(n1)N(C(=O)Nc1cccnn1)[C@H]1CCCN2C1. The molecule has 1 fully saturated rings. The zero-order chi connectivity index (χ0) is 20.5. The van der Waals surface area contributed by atoms with Gasteiger partial charge in [0, 0.05) is 24.8 Å². The number of pyridine rings is 1. The molecule has 8 heteroatoms. The van der Waals surface area contributed by atoms with Crippen molar-refractivity contribution in [1.29, 1.82) is 5.26 Å². The minimum absolute atomic E-state index is 0.0249. The van der Waals surface area contributed by atoms with Crippen molar-refractivity contribution in [3.8, 4) is 17.3 Å². The second-order valence-corrected chi connectivity index (χ2v) is 7.35. The number of urea groups is 1. The van der Waals surface area contributed by atoms with E-state index in [1.807, 2.05) is 30.3 Å². The topological polar surface area (TPSA) is 98.0 Å². The minimum Gasteiger partial charge on any atom is -0.366 e. The van der Waals surface area contributed by atoms with Gasteiger partial charge in [-0.3, -0.25) is 10.2 Å². The van der Waals surface area contributed by atoms with E-state index < -0.39 is 0 Å². The highest BCUT2D eigenvalue weighted by Gasteiger charge is 2.38. The predicted molar refractivity (Wildman–Crippen MR) is 113 cm³/mol. The highest BCUT2D eigenvalue weighted by molar-refractivity contribution is 6.04. The Labute approximate surface area is 173 Å². The Morgan fingerprint density at radius 3 is 2.90 bits per heavy atom. The van der Waals surface area contributed by atoms with Crippen LogP contribution in [0.5, 0.6) is 0 Å². The van der Waals surface area contributed by atoms with Crippen molar-refractivity contribution in [1.82, 2.24) is 15.2 Å². The number of hydrogen-bond donors (Lipinski definition) is 1. The number of fused-ring (bicyclic) bond motifs is 4. The van der Waals surface area contributed by atoms with E-state index in [1.54, 1.807) is 29.3 Å². The number of amides is 2. The number of piperidine rings is 1. The fourth-order valence-electron chi connectivity index (χ4n) is 4.18. The summed E-state index contributed by atoms with van der Waals surface area (Å²) in [6.45, 7) is 1.72. The number of rotatable bonds is 2. The maximum atomic E-state index is 13.2. The summed E-state index contributed by atoms with van der Waals surface area (Å²) in [7, 11) is 0. The first-order valence-electron chi connectivity index (χ1n) is 9.88. The van der Waals surface area contributed by atoms with Gasteiger partial charge in [-0.25, -0.2) is 9.78 Å². The Hall–Kier alpha value is -3.99. The van der Waals surface area contributed by atoms with Gasteiger partial charge >= 0.3 is 6.03 Å². The molecule has 2 bridgehead atoms. The largest absolute Gasteiger partial charge is 0.366 e. The van der Waals surface area contributed by atoms with E-state index in [9.17, 15) is 10.1 Å². The molecular weight excluding hydrogens is 378 g/mol. The normalized spacial score (nSPS) is 17.1. The van der Waals surface area contributed by atoms with Crippen LogP contribution in [0.3, 0.4) is 0 Å². The molecule has 0 spiro atoms. The van der Waals surface area contributed by atoms with Crippen LogP contribution in [-0.2, 0) is 0 Å². The fourth-order valence-corrected chi connectivity index (χ4v) is 4.18. The van der Waals surface area contributed by atoms with Gasteiger partial charge in [0.1, 0.15) is 0 Å². The lowest BCUT2D eigenvalue weighted by atomic mass is 9.99. The number of aromatic nitrogens is 3. The van der Waals surface area contributed by atoms with E-state index in [1.165, 1.54) is 0 Å². The number of hydrogen-bond acceptors (Lipinski definition) is 6. The van der Waals surface area contributed by atoms with Crippen molar-refractivity contribution >= 4 is 23.4 Å². The Kier molecular flexibility index (Phi) is 4.48. The molecule has 8 nitrogen and oxygen atoms in total. The Balaban J connectivity index is 1.58. The number of carbonyl (C=O) groups is 1. The van der Waals surface area contributed by atoms with E-state index in [0.717, 1.165) is 37.2 Å². The molecule has 0 radical (unpaired) electrons. The molecular formula is C22H19N7O. The number of nitrogens with zero attached hydrogens (tertiary/aromatic N) is 6. The van der Waals surface area contributed by atoms with Crippen molar-refractivity contribution in [3.63, 3.8) is 0 Å². The number of carbonyl (C=O) groups excluding carboxylic acids is 1. The summed E-state index contributed by atoms with van der Waals surface area (Å²) in [5.41, 5.74) is 2.91. The van der Waals surface area contributed by atoms with Gasteiger partial charge in [-0.05, 0) is 43.2 Å². The first-order valence-corrected chi connectivity index (χ1v) is 9.88. The fraction of sp³-hybridized carbons (Fsp3) is 0.227. The van der Waals surface area contributed by atoms with Gasteiger partial charge in [0.2, 0.25) is 0 Å². The summed E-state index contributed by atoms with van der Waals surface area (Å²) < 4.78 is 0. The second kappa shape index (κ2) is 7.44. The van der Waals surface area contributed by atoms with E-state index in [0.29, 0.717) is 22.9 Å². The number of nitriles is 1. The average molecular weight is 397 g/mol. The predicted octanol–water partition coefficient (Wildman–Crippen LogP) is 3.43. The Morgan fingerprint density at radius 2 is 2.07 bits per heavy atom. The van der Waals surface area contributed by atoms with Crippen molar-refractivity contribution in [2.24, 2.45) is 0 Å². The molecule has 0 unspecified atom stereocenters. The Morgan fingerprint density at radius 1 is 1.17 bits per heavy atom. The number of anilines is 3. The highest BCUT2D eigenvalue weighted by atomic mass is 16.2. The molecule has 148 valence electrons. The summed E-state index contributed by atoms with van der Waals surface area (Å²) in [6, 6.07) is 16.7. The number of benzene rings is 1. The van der Waals surface area contributed by atoms with Crippen molar-refractivity contribution in [2.75, 3.05) is 28.2 Å². The van der Waals surface area contributed by atoms with Crippen molar-refractivity contribution < 1.29 is 4.79 Å². The van der Waals surface area contributed by atoms with Gasteiger partial charge in [0.05, 0.1) is 29.1 Å². The van der Waals surface area contributed by atoms with Crippen LogP contribution in [0.15, 0.2) is 54.7 Å². The minimum atomic E-state index is -0.276. The molecule has 0 aliphatic carbocycles. The molecule has 3 aromatic rings. The quantitative estimate of drug-likeness (QED) is 0.711. The molecule has 0 saturated carbocycles. The smallest absolute Gasteiger partial charge is 0.329 e. The lowest BCUT2D eigenvalue weighted by Gasteiger charge is -2.45. The third-order valence-corrected chi connectivity index (χ3v) is 5.53. The summed E-state index contributed by atoms with van der Waals surface area (Å²) in [4.78, 5) is 22.1. The summed E-state index contributed by atoms with van der Waals surface area (Å²) in [5, 5.41) is 20.1. The molecule has 2 amide bonds. The highest BCUT2D eigenvalue weighted by Crippen LogP contribution is 2.39. The molecule has 4 heterocycles. The van der Waals surface area contributed by atoms with Crippen LogP contribution in [0, 0.1) is 11.3 Å². The first-order chi connectivity index (χ1) is 14.7. The lowest BCUT2D eigenvalue weighted by molar-refractivity contribution is 0.252. The molecule has 1 aromatic carbocycles. The molecule has 2 aliphatic heterocycles. The van der Waals surface area contributed by atoms with Crippen LogP contribution in [0.2, 0.25) is 0 Å². The zero-order valence-corrected chi connectivity index (χ0v) is 16.2. The van der Waals surface area contributed by atoms with E-state index in [4.69, 9.17) is 4.98 Å². The molecule has 1 N–H and O–H groups in total. The molecule has 5 rings (SSSR count). The van der Waals surface area contributed by atoms with E-state index in [-0.39, 0.29) is 12.1 Å². The Bertz CT molecular complexity index is 1140. The van der Waals surface area contributed by atoms with Gasteiger partial charge in [-0.15, -0.1) is 5.10 Å². The monoisotopic (exact) mass is 397 g/mol. The summed E-state index contributed by atoms with van der Waals surface area (Å²) >= 11 is 0. The van der Waals surface area contributed by atoms with Crippen LogP contribution < -0.4 is 15.1 Å².